The number of sulfonamides is 1. The van der Waals surface area contributed by atoms with Crippen LogP contribution in [0.1, 0.15) is 26.3 Å². The number of ether oxygens (including phenoxy) is 1. The van der Waals surface area contributed by atoms with Crippen LogP contribution in [0.5, 0.6) is 0 Å². The van der Waals surface area contributed by atoms with Crippen molar-refractivity contribution in [2.75, 3.05) is 5.32 Å². The number of aryl methyl sites for hydroxylation is 1. The molecule has 0 bridgehead atoms. The van der Waals surface area contributed by atoms with Crippen molar-refractivity contribution >= 4 is 27.6 Å². The summed E-state index contributed by atoms with van der Waals surface area (Å²) in [6.45, 7) is 6.75. The highest BCUT2D eigenvalue weighted by Crippen LogP contribution is 2.14. The fourth-order valence-corrected chi connectivity index (χ4v) is 3.83. The second kappa shape index (κ2) is 9.67. The van der Waals surface area contributed by atoms with Crippen LogP contribution in [0.4, 0.5) is 5.69 Å². The summed E-state index contributed by atoms with van der Waals surface area (Å²) in [6.07, 6.45) is -1.09. The number of carbonyl (C=O) groups excluding carboxylic acids is 2. The maximum absolute atomic E-state index is 12.6. The molecule has 2 unspecified atom stereocenters. The molecule has 2 atom stereocenters. The number of amides is 1. The topological polar surface area (TPSA) is 102 Å². The van der Waals surface area contributed by atoms with Gasteiger partial charge in [0, 0.05) is 5.69 Å². The van der Waals surface area contributed by atoms with E-state index in [1.54, 1.807) is 44.2 Å². The summed E-state index contributed by atoms with van der Waals surface area (Å²) in [6, 6.07) is 13.8. The van der Waals surface area contributed by atoms with Crippen molar-refractivity contribution in [3.63, 3.8) is 0 Å². The van der Waals surface area contributed by atoms with Gasteiger partial charge < -0.3 is 10.1 Å². The second-order valence-electron chi connectivity index (χ2n) is 7.09. The Kier molecular flexibility index (Phi) is 7.53. The average Bonchev–Trinajstić information content (AvgIpc) is 2.68. The zero-order valence-corrected chi connectivity index (χ0v) is 17.7. The molecule has 7 nitrogen and oxygen atoms in total. The summed E-state index contributed by atoms with van der Waals surface area (Å²) in [5.41, 5.74) is 1.63. The minimum atomic E-state index is -3.91. The Morgan fingerprint density at radius 1 is 0.931 bits per heavy atom. The molecular formula is C21H26N2O5S. The fourth-order valence-electron chi connectivity index (χ4n) is 2.47. The number of carbonyl (C=O) groups is 2. The van der Waals surface area contributed by atoms with Crippen molar-refractivity contribution in [2.45, 2.75) is 44.7 Å². The minimum Gasteiger partial charge on any atom is -0.451 e. The lowest BCUT2D eigenvalue weighted by atomic mass is 10.1. The highest BCUT2D eigenvalue weighted by molar-refractivity contribution is 7.89. The number of esters is 1. The molecule has 1 amide bonds. The van der Waals surface area contributed by atoms with Crippen LogP contribution in [0.3, 0.4) is 0 Å². The molecule has 0 radical (unpaired) electrons. The standard InChI is InChI=1S/C21H26N2O5S/c1-14(2)19(23-29(26,27)18-8-6-5-7-9-18)21(25)28-16(4)20(24)22-17-12-10-15(3)11-13-17/h5-14,16,19,23H,1-4H3,(H,22,24). The molecule has 156 valence electrons. The predicted octanol–water partition coefficient (Wildman–Crippen LogP) is 2.87. The van der Waals surface area contributed by atoms with E-state index in [-0.39, 0.29) is 10.8 Å². The van der Waals surface area contributed by atoms with Crippen LogP contribution >= 0.6 is 0 Å². The van der Waals surface area contributed by atoms with Crippen molar-refractivity contribution in [3.05, 3.63) is 60.2 Å². The van der Waals surface area contributed by atoms with Crippen LogP contribution in [-0.2, 0) is 24.3 Å². The maximum atomic E-state index is 12.6. The molecule has 0 spiro atoms. The Labute approximate surface area is 171 Å². The number of hydrogen-bond donors (Lipinski definition) is 2. The zero-order valence-electron chi connectivity index (χ0n) is 16.9. The van der Waals surface area contributed by atoms with Gasteiger partial charge in [0.25, 0.3) is 5.91 Å². The first-order chi connectivity index (χ1) is 13.6. The predicted molar refractivity (Wildman–Crippen MR) is 111 cm³/mol. The molecule has 2 aromatic carbocycles. The lowest BCUT2D eigenvalue weighted by Gasteiger charge is -2.23. The van der Waals surface area contributed by atoms with Gasteiger partial charge in [-0.3, -0.25) is 9.59 Å². The van der Waals surface area contributed by atoms with Crippen molar-refractivity contribution in [1.82, 2.24) is 4.72 Å². The van der Waals surface area contributed by atoms with Gasteiger partial charge in [0.05, 0.1) is 4.90 Å². The number of hydrogen-bond acceptors (Lipinski definition) is 5. The van der Waals surface area contributed by atoms with E-state index in [1.165, 1.54) is 19.1 Å². The first kappa shape index (κ1) is 22.6. The molecule has 0 aromatic heterocycles. The Bertz CT molecular complexity index is 941. The van der Waals surface area contributed by atoms with E-state index >= 15 is 0 Å². The lowest BCUT2D eigenvalue weighted by molar-refractivity contribution is -0.155. The lowest BCUT2D eigenvalue weighted by Crippen LogP contribution is -2.47. The summed E-state index contributed by atoms with van der Waals surface area (Å²) in [5.74, 6) is -1.70. The van der Waals surface area contributed by atoms with Crippen molar-refractivity contribution in [1.29, 1.82) is 0 Å². The van der Waals surface area contributed by atoms with Gasteiger partial charge in [-0.1, -0.05) is 49.7 Å². The van der Waals surface area contributed by atoms with Crippen molar-refractivity contribution in [2.24, 2.45) is 5.92 Å². The Morgan fingerprint density at radius 3 is 2.07 bits per heavy atom. The van der Waals surface area contributed by atoms with Gasteiger partial charge in [0.1, 0.15) is 6.04 Å². The molecule has 0 aliphatic heterocycles. The Morgan fingerprint density at radius 2 is 1.52 bits per heavy atom. The molecule has 0 heterocycles. The molecule has 0 saturated heterocycles. The molecule has 2 N–H and O–H groups in total. The van der Waals surface area contributed by atoms with Gasteiger partial charge in [-0.2, -0.15) is 4.72 Å². The largest absolute Gasteiger partial charge is 0.451 e. The summed E-state index contributed by atoms with van der Waals surface area (Å²) in [7, 11) is -3.91. The summed E-state index contributed by atoms with van der Waals surface area (Å²) in [5, 5.41) is 2.66. The molecule has 2 aromatic rings. The third-order valence-corrected chi connectivity index (χ3v) is 5.69. The highest BCUT2D eigenvalue weighted by atomic mass is 32.2. The normalized spacial score (nSPS) is 13.6. The van der Waals surface area contributed by atoms with Crippen LogP contribution in [0.15, 0.2) is 59.5 Å². The van der Waals surface area contributed by atoms with E-state index in [9.17, 15) is 18.0 Å². The number of rotatable bonds is 8. The van der Waals surface area contributed by atoms with Gasteiger partial charge in [-0.25, -0.2) is 8.42 Å². The first-order valence-electron chi connectivity index (χ1n) is 9.25. The van der Waals surface area contributed by atoms with E-state index in [4.69, 9.17) is 4.74 Å². The maximum Gasteiger partial charge on any atom is 0.325 e. The van der Waals surface area contributed by atoms with Gasteiger partial charge in [0.2, 0.25) is 10.0 Å². The molecule has 2 rings (SSSR count). The molecule has 8 heteroatoms. The summed E-state index contributed by atoms with van der Waals surface area (Å²) in [4.78, 5) is 24.9. The molecule has 0 aliphatic carbocycles. The molecule has 0 aliphatic rings. The molecule has 29 heavy (non-hydrogen) atoms. The van der Waals surface area contributed by atoms with Gasteiger partial charge >= 0.3 is 5.97 Å². The SMILES string of the molecule is Cc1ccc(NC(=O)C(C)OC(=O)C(NS(=O)(=O)c2ccccc2)C(C)C)cc1. The van der Waals surface area contributed by atoms with Gasteiger partial charge in [0.15, 0.2) is 6.10 Å². The summed E-state index contributed by atoms with van der Waals surface area (Å²) >= 11 is 0. The van der Waals surface area contributed by atoms with Crippen LogP contribution in [0.2, 0.25) is 0 Å². The number of nitrogens with one attached hydrogen (secondary N) is 2. The number of anilines is 1. The van der Waals surface area contributed by atoms with E-state index < -0.39 is 34.0 Å². The van der Waals surface area contributed by atoms with Crippen LogP contribution < -0.4 is 10.0 Å². The van der Waals surface area contributed by atoms with E-state index in [0.717, 1.165) is 5.56 Å². The zero-order chi connectivity index (χ0) is 21.6. The summed E-state index contributed by atoms with van der Waals surface area (Å²) < 4.78 is 32.7. The van der Waals surface area contributed by atoms with Crippen molar-refractivity contribution < 1.29 is 22.7 Å². The van der Waals surface area contributed by atoms with E-state index in [0.29, 0.717) is 5.69 Å². The Hall–Kier alpha value is -2.71. The molecule has 0 fully saturated rings. The monoisotopic (exact) mass is 418 g/mol. The molecule has 0 saturated carbocycles. The molecular weight excluding hydrogens is 392 g/mol. The third-order valence-electron chi connectivity index (χ3n) is 4.24. The third kappa shape index (κ3) is 6.40. The van der Waals surface area contributed by atoms with E-state index in [2.05, 4.69) is 10.0 Å². The smallest absolute Gasteiger partial charge is 0.325 e. The van der Waals surface area contributed by atoms with Crippen molar-refractivity contribution in [3.8, 4) is 0 Å². The average molecular weight is 419 g/mol. The number of benzene rings is 2. The minimum absolute atomic E-state index is 0.0450. The van der Waals surface area contributed by atoms with E-state index in [1.807, 2.05) is 19.1 Å². The Balaban J connectivity index is 2.04. The van der Waals surface area contributed by atoms with Gasteiger partial charge in [-0.05, 0) is 44.0 Å². The fraction of sp³-hybridized carbons (Fsp3) is 0.333. The van der Waals surface area contributed by atoms with Crippen LogP contribution in [-0.4, -0.2) is 32.4 Å². The van der Waals surface area contributed by atoms with Crippen LogP contribution in [0.25, 0.3) is 0 Å². The van der Waals surface area contributed by atoms with Crippen LogP contribution in [0, 0.1) is 12.8 Å². The second-order valence-corrected chi connectivity index (χ2v) is 8.80. The first-order valence-corrected chi connectivity index (χ1v) is 10.7. The highest BCUT2D eigenvalue weighted by Gasteiger charge is 2.31. The van der Waals surface area contributed by atoms with Gasteiger partial charge in [-0.15, -0.1) is 0 Å². The quantitative estimate of drug-likeness (QED) is 0.642.